The van der Waals surface area contributed by atoms with Crippen LogP contribution in [0.1, 0.15) is 35.9 Å². The summed E-state index contributed by atoms with van der Waals surface area (Å²) in [6.07, 6.45) is 2.04. The largest absolute Gasteiger partial charge is 0.494 e. The van der Waals surface area contributed by atoms with Crippen LogP contribution in [0.3, 0.4) is 0 Å². The molecule has 0 aliphatic rings. The Morgan fingerprint density at radius 3 is 2.61 bits per heavy atom. The zero-order valence-electron chi connectivity index (χ0n) is 17.0. The molecule has 0 spiro atoms. The Balaban J connectivity index is 1.62. The summed E-state index contributed by atoms with van der Waals surface area (Å²) in [6, 6.07) is 15.6. The van der Waals surface area contributed by atoms with Crippen LogP contribution in [0, 0.1) is 0 Å². The lowest BCUT2D eigenvalue weighted by Crippen LogP contribution is -2.34. The molecule has 1 heterocycles. The van der Waals surface area contributed by atoms with Crippen LogP contribution in [0.2, 0.25) is 5.02 Å². The van der Waals surface area contributed by atoms with E-state index in [1.54, 1.807) is 54.6 Å². The highest BCUT2D eigenvalue weighted by atomic mass is 35.5. The van der Waals surface area contributed by atoms with Crippen molar-refractivity contribution in [3.63, 3.8) is 0 Å². The molecular weight excluding hydrogens is 436 g/mol. The van der Waals surface area contributed by atoms with Crippen molar-refractivity contribution < 1.29 is 19.1 Å². The highest BCUT2D eigenvalue weighted by Crippen LogP contribution is 2.30. The summed E-state index contributed by atoms with van der Waals surface area (Å²) in [7, 11) is 0. The number of hydrogen-bond donors (Lipinski definition) is 3. The SMILES string of the molecule is CCCCOc1ccc(C(=O)NC(=S)Nc2cc(-c3ccc(CO)o3)ccc2Cl)cc1. The third-order valence-electron chi connectivity index (χ3n) is 4.43. The number of benzene rings is 2. The Kier molecular flexibility index (Phi) is 8.06. The number of aliphatic hydroxyl groups is 1. The van der Waals surface area contributed by atoms with E-state index in [-0.39, 0.29) is 17.6 Å². The van der Waals surface area contributed by atoms with Gasteiger partial charge in [-0.3, -0.25) is 10.1 Å². The summed E-state index contributed by atoms with van der Waals surface area (Å²) in [5.41, 5.74) is 1.73. The van der Waals surface area contributed by atoms with Crippen LogP contribution in [-0.2, 0) is 6.61 Å². The second-order valence-corrected chi connectivity index (χ2v) is 7.57. The number of thiocarbonyl (C=S) groups is 1. The second kappa shape index (κ2) is 10.9. The molecule has 0 unspecified atom stereocenters. The first-order valence-electron chi connectivity index (χ1n) is 9.85. The van der Waals surface area contributed by atoms with Crippen molar-refractivity contribution in [2.75, 3.05) is 11.9 Å². The van der Waals surface area contributed by atoms with Gasteiger partial charge in [0.1, 0.15) is 23.9 Å². The molecule has 0 aliphatic carbocycles. The summed E-state index contributed by atoms with van der Waals surface area (Å²) in [5, 5.41) is 15.3. The monoisotopic (exact) mass is 458 g/mol. The molecule has 2 aromatic carbocycles. The van der Waals surface area contributed by atoms with Gasteiger partial charge in [-0.2, -0.15) is 0 Å². The predicted molar refractivity (Wildman–Crippen MR) is 126 cm³/mol. The number of furan rings is 1. The minimum atomic E-state index is -0.344. The third kappa shape index (κ3) is 6.30. The van der Waals surface area contributed by atoms with Crippen LogP contribution in [0.5, 0.6) is 5.75 Å². The fourth-order valence-electron chi connectivity index (χ4n) is 2.76. The van der Waals surface area contributed by atoms with Crippen LogP contribution in [0.15, 0.2) is 59.0 Å². The Bertz CT molecular complexity index is 1050. The molecule has 3 N–H and O–H groups in total. The Labute approximate surface area is 191 Å². The number of nitrogens with one attached hydrogen (secondary N) is 2. The molecule has 0 bridgehead atoms. The van der Waals surface area contributed by atoms with Gasteiger partial charge in [-0.25, -0.2) is 0 Å². The van der Waals surface area contributed by atoms with Gasteiger partial charge in [0.2, 0.25) is 0 Å². The lowest BCUT2D eigenvalue weighted by Gasteiger charge is -2.12. The fourth-order valence-corrected chi connectivity index (χ4v) is 3.13. The molecule has 3 rings (SSSR count). The van der Waals surface area contributed by atoms with Crippen LogP contribution < -0.4 is 15.4 Å². The van der Waals surface area contributed by atoms with E-state index in [0.29, 0.717) is 34.4 Å². The van der Waals surface area contributed by atoms with Crippen LogP contribution >= 0.6 is 23.8 Å². The smallest absolute Gasteiger partial charge is 0.257 e. The van der Waals surface area contributed by atoms with Gasteiger partial charge in [0.25, 0.3) is 5.91 Å². The second-order valence-electron chi connectivity index (χ2n) is 6.75. The molecule has 0 fully saturated rings. The van der Waals surface area contributed by atoms with E-state index in [2.05, 4.69) is 17.6 Å². The summed E-state index contributed by atoms with van der Waals surface area (Å²) >= 11 is 11.5. The summed E-state index contributed by atoms with van der Waals surface area (Å²) in [5.74, 6) is 1.42. The van der Waals surface area contributed by atoms with Gasteiger partial charge in [0.15, 0.2) is 5.11 Å². The minimum Gasteiger partial charge on any atom is -0.494 e. The molecule has 0 saturated heterocycles. The van der Waals surface area contributed by atoms with Crippen molar-refractivity contribution in [1.82, 2.24) is 5.32 Å². The van der Waals surface area contributed by atoms with Gasteiger partial charge in [-0.1, -0.05) is 24.9 Å². The summed E-state index contributed by atoms with van der Waals surface area (Å²) in [6.45, 7) is 2.57. The zero-order valence-corrected chi connectivity index (χ0v) is 18.6. The zero-order chi connectivity index (χ0) is 22.2. The molecule has 0 saturated carbocycles. The van der Waals surface area contributed by atoms with Gasteiger partial charge < -0.3 is 19.6 Å². The summed E-state index contributed by atoms with van der Waals surface area (Å²) < 4.78 is 11.2. The molecule has 0 atom stereocenters. The third-order valence-corrected chi connectivity index (χ3v) is 4.96. The molecular formula is C23H23ClN2O4S. The highest BCUT2D eigenvalue weighted by Gasteiger charge is 2.12. The predicted octanol–water partition coefficient (Wildman–Crippen LogP) is 5.40. The van der Waals surface area contributed by atoms with E-state index in [1.165, 1.54) is 0 Å². The van der Waals surface area contributed by atoms with Crippen molar-refractivity contribution >= 4 is 40.5 Å². The van der Waals surface area contributed by atoms with Crippen LogP contribution in [-0.4, -0.2) is 22.7 Å². The lowest BCUT2D eigenvalue weighted by molar-refractivity contribution is 0.0977. The maximum Gasteiger partial charge on any atom is 0.257 e. The molecule has 1 amide bonds. The van der Waals surface area contributed by atoms with Crippen LogP contribution in [0.25, 0.3) is 11.3 Å². The minimum absolute atomic E-state index is 0.114. The molecule has 0 radical (unpaired) electrons. The number of carbonyl (C=O) groups is 1. The fraction of sp³-hybridized carbons (Fsp3) is 0.217. The van der Waals surface area contributed by atoms with Crippen molar-refractivity contribution in [2.45, 2.75) is 26.4 Å². The maximum absolute atomic E-state index is 12.5. The van der Waals surface area contributed by atoms with E-state index in [9.17, 15) is 4.79 Å². The van der Waals surface area contributed by atoms with E-state index in [0.717, 1.165) is 24.2 Å². The number of carbonyl (C=O) groups excluding carboxylic acids is 1. The van der Waals surface area contributed by atoms with Gasteiger partial charge in [0.05, 0.1) is 17.3 Å². The standard InChI is InChI=1S/C23H23ClN2O4S/c1-2-3-12-29-17-7-4-15(5-8-17)22(28)26-23(31)25-20-13-16(6-10-19(20)24)21-11-9-18(14-27)30-21/h4-11,13,27H,2-3,12,14H2,1H3,(H2,25,26,28,31). The molecule has 1 aromatic heterocycles. The quantitative estimate of drug-likeness (QED) is 0.309. The van der Waals surface area contributed by atoms with Crippen molar-refractivity contribution in [2.24, 2.45) is 0 Å². The first kappa shape index (κ1) is 22.8. The Morgan fingerprint density at radius 1 is 1.16 bits per heavy atom. The maximum atomic E-state index is 12.5. The normalized spacial score (nSPS) is 10.5. The van der Waals surface area contributed by atoms with E-state index >= 15 is 0 Å². The van der Waals surface area contributed by atoms with E-state index in [1.807, 2.05) is 0 Å². The Hall–Kier alpha value is -2.87. The van der Waals surface area contributed by atoms with E-state index < -0.39 is 0 Å². The number of unbranched alkanes of at least 4 members (excludes halogenated alkanes) is 1. The average Bonchev–Trinajstić information content (AvgIpc) is 3.25. The number of rotatable bonds is 8. The number of ether oxygens (including phenoxy) is 1. The average molecular weight is 459 g/mol. The van der Waals surface area contributed by atoms with Gasteiger partial charge in [-0.05, 0) is 73.2 Å². The topological polar surface area (TPSA) is 83.7 Å². The first-order chi connectivity index (χ1) is 15.0. The summed E-state index contributed by atoms with van der Waals surface area (Å²) in [4.78, 5) is 12.5. The van der Waals surface area contributed by atoms with Crippen molar-refractivity contribution in [3.8, 4) is 17.1 Å². The van der Waals surface area contributed by atoms with Crippen LogP contribution in [0.4, 0.5) is 5.69 Å². The number of aliphatic hydroxyl groups excluding tert-OH is 1. The van der Waals surface area contributed by atoms with Crippen molar-refractivity contribution in [3.05, 3.63) is 70.9 Å². The molecule has 3 aromatic rings. The first-order valence-corrected chi connectivity index (χ1v) is 10.6. The number of anilines is 1. The molecule has 8 heteroatoms. The molecule has 6 nitrogen and oxygen atoms in total. The van der Waals surface area contributed by atoms with E-state index in [4.69, 9.17) is 38.1 Å². The van der Waals surface area contributed by atoms with Gasteiger partial charge in [0, 0.05) is 11.1 Å². The lowest BCUT2D eigenvalue weighted by atomic mass is 10.1. The number of amides is 1. The highest BCUT2D eigenvalue weighted by molar-refractivity contribution is 7.80. The number of halogens is 1. The Morgan fingerprint density at radius 2 is 1.94 bits per heavy atom. The molecule has 31 heavy (non-hydrogen) atoms. The van der Waals surface area contributed by atoms with Gasteiger partial charge in [-0.15, -0.1) is 0 Å². The van der Waals surface area contributed by atoms with Crippen molar-refractivity contribution in [1.29, 1.82) is 0 Å². The number of hydrogen-bond acceptors (Lipinski definition) is 5. The molecule has 0 aliphatic heterocycles. The van der Waals surface area contributed by atoms with Gasteiger partial charge >= 0.3 is 0 Å². The molecule has 162 valence electrons.